The zero-order valence-corrected chi connectivity index (χ0v) is 8.87. The Labute approximate surface area is 84.7 Å². The van der Waals surface area contributed by atoms with Crippen molar-refractivity contribution in [2.24, 2.45) is 0 Å². The van der Waals surface area contributed by atoms with Gasteiger partial charge in [-0.05, 0) is 25.0 Å². The van der Waals surface area contributed by atoms with Crippen LogP contribution >= 0.6 is 0 Å². The van der Waals surface area contributed by atoms with Gasteiger partial charge in [0.2, 0.25) is 0 Å². The lowest BCUT2D eigenvalue weighted by molar-refractivity contribution is 0.00974. The number of hydrogen-bond donors (Lipinski definition) is 0. The maximum absolute atomic E-state index is 5.33. The molecule has 3 heteroatoms. The molecular weight excluding hydrogens is 180 g/mol. The Kier molecular flexibility index (Phi) is 4.26. The summed E-state index contributed by atoms with van der Waals surface area (Å²) in [5, 5.41) is 0. The average Bonchev–Trinajstić information content (AvgIpc) is 2.37. The molecule has 0 atom stereocenters. The minimum atomic E-state index is 0.256. The van der Waals surface area contributed by atoms with Crippen LogP contribution in [0.4, 0.5) is 0 Å². The van der Waals surface area contributed by atoms with Crippen molar-refractivity contribution in [2.75, 3.05) is 21.0 Å². The van der Waals surface area contributed by atoms with E-state index < -0.39 is 0 Å². The summed E-state index contributed by atoms with van der Waals surface area (Å²) < 4.78 is 15.4. The molecule has 0 unspecified atom stereocenters. The molecule has 1 aliphatic carbocycles. The molecule has 0 aromatic rings. The second-order valence-corrected chi connectivity index (χ2v) is 3.05. The number of hydrogen-bond acceptors (Lipinski definition) is 3. The summed E-state index contributed by atoms with van der Waals surface area (Å²) in [4.78, 5) is 0. The molecule has 0 saturated carbocycles. The quantitative estimate of drug-likeness (QED) is 0.646. The molecular formula is C11H16O3. The van der Waals surface area contributed by atoms with Gasteiger partial charge >= 0.3 is 0 Å². The molecule has 78 valence electrons. The van der Waals surface area contributed by atoms with Crippen molar-refractivity contribution in [3.63, 3.8) is 0 Å². The predicted molar refractivity (Wildman–Crippen MR) is 54.5 cm³/mol. The van der Waals surface area contributed by atoms with Crippen LogP contribution in [0.3, 0.4) is 0 Å². The minimum Gasteiger partial charge on any atom is -0.497 e. The van der Waals surface area contributed by atoms with Gasteiger partial charge in [0.1, 0.15) is 11.5 Å². The Balaban J connectivity index is 2.74. The van der Waals surface area contributed by atoms with Crippen molar-refractivity contribution in [1.82, 2.24) is 0 Å². The van der Waals surface area contributed by atoms with Gasteiger partial charge < -0.3 is 14.2 Å². The van der Waals surface area contributed by atoms with Crippen LogP contribution in [-0.2, 0) is 14.2 Å². The Morgan fingerprint density at radius 3 is 2.79 bits per heavy atom. The van der Waals surface area contributed by atoms with Crippen LogP contribution in [0, 0.1) is 0 Å². The molecule has 0 saturated heterocycles. The Morgan fingerprint density at radius 2 is 2.14 bits per heavy atom. The van der Waals surface area contributed by atoms with Crippen LogP contribution < -0.4 is 0 Å². The van der Waals surface area contributed by atoms with Crippen molar-refractivity contribution in [2.45, 2.75) is 13.3 Å². The highest BCUT2D eigenvalue weighted by molar-refractivity contribution is 5.31. The summed E-state index contributed by atoms with van der Waals surface area (Å²) in [5.41, 5.74) is 1.19. The lowest BCUT2D eigenvalue weighted by Gasteiger charge is -2.06. The van der Waals surface area contributed by atoms with E-state index in [4.69, 9.17) is 14.2 Å². The number of allylic oxidation sites excluding steroid dienone is 4. The largest absolute Gasteiger partial charge is 0.497 e. The van der Waals surface area contributed by atoms with E-state index >= 15 is 0 Å². The lowest BCUT2D eigenvalue weighted by atomic mass is 10.2. The van der Waals surface area contributed by atoms with E-state index in [2.05, 4.69) is 0 Å². The van der Waals surface area contributed by atoms with Gasteiger partial charge in [-0.15, -0.1) is 0 Å². The van der Waals surface area contributed by atoms with Gasteiger partial charge in [0, 0.05) is 13.2 Å². The van der Waals surface area contributed by atoms with Gasteiger partial charge in [0.05, 0.1) is 7.11 Å². The fraction of sp³-hybridized carbons (Fsp3) is 0.455. The fourth-order valence-corrected chi connectivity index (χ4v) is 1.20. The third kappa shape index (κ3) is 2.92. The van der Waals surface area contributed by atoms with E-state index in [0.29, 0.717) is 0 Å². The Hall–Kier alpha value is -1.22. The van der Waals surface area contributed by atoms with Crippen LogP contribution in [0.25, 0.3) is 0 Å². The smallest absolute Gasteiger partial charge is 0.188 e. The van der Waals surface area contributed by atoms with Gasteiger partial charge in [0.25, 0.3) is 0 Å². The molecule has 0 aliphatic heterocycles. The first-order valence-corrected chi connectivity index (χ1v) is 4.51. The third-order valence-electron chi connectivity index (χ3n) is 1.96. The SMILES string of the molecule is COCOC1=CC(OC)=C(C)CC=C1. The zero-order chi connectivity index (χ0) is 10.4. The van der Waals surface area contributed by atoms with E-state index in [1.807, 2.05) is 25.2 Å². The van der Waals surface area contributed by atoms with Gasteiger partial charge in [-0.2, -0.15) is 0 Å². The van der Waals surface area contributed by atoms with Crippen molar-refractivity contribution in [1.29, 1.82) is 0 Å². The Bertz CT molecular complexity index is 274. The molecule has 0 bridgehead atoms. The highest BCUT2D eigenvalue weighted by Crippen LogP contribution is 2.18. The molecule has 0 spiro atoms. The minimum absolute atomic E-state index is 0.256. The summed E-state index contributed by atoms with van der Waals surface area (Å²) >= 11 is 0. The van der Waals surface area contributed by atoms with Crippen LogP contribution in [0.5, 0.6) is 0 Å². The van der Waals surface area contributed by atoms with E-state index in [0.717, 1.165) is 17.9 Å². The predicted octanol–water partition coefficient (Wildman–Crippen LogP) is 2.37. The summed E-state index contributed by atoms with van der Waals surface area (Å²) in [5.74, 6) is 1.63. The number of methoxy groups -OCH3 is 2. The molecule has 0 amide bonds. The summed E-state index contributed by atoms with van der Waals surface area (Å²) in [6.07, 6.45) is 6.73. The normalized spacial score (nSPS) is 16.4. The highest BCUT2D eigenvalue weighted by atomic mass is 16.7. The van der Waals surface area contributed by atoms with Gasteiger partial charge in [0.15, 0.2) is 6.79 Å². The summed E-state index contributed by atoms with van der Waals surface area (Å²) in [7, 11) is 3.26. The molecule has 1 aliphatic rings. The molecule has 0 N–H and O–H groups in total. The topological polar surface area (TPSA) is 27.7 Å². The average molecular weight is 196 g/mol. The molecule has 0 radical (unpaired) electrons. The second-order valence-electron chi connectivity index (χ2n) is 3.05. The molecule has 0 heterocycles. The van der Waals surface area contributed by atoms with E-state index in [1.165, 1.54) is 5.57 Å². The van der Waals surface area contributed by atoms with Crippen LogP contribution in [0.1, 0.15) is 13.3 Å². The molecule has 1 rings (SSSR count). The van der Waals surface area contributed by atoms with Gasteiger partial charge in [-0.1, -0.05) is 6.08 Å². The first-order chi connectivity index (χ1) is 6.77. The first-order valence-electron chi connectivity index (χ1n) is 4.51. The van der Waals surface area contributed by atoms with Crippen LogP contribution in [0.15, 0.2) is 35.3 Å². The standard InChI is InChI=1S/C11H16O3/c1-9-5-4-6-10(14-8-12-2)7-11(9)13-3/h4,6-7H,5,8H2,1-3H3. The molecule has 0 aromatic carbocycles. The van der Waals surface area contributed by atoms with Gasteiger partial charge in [-0.3, -0.25) is 0 Å². The van der Waals surface area contributed by atoms with Crippen molar-refractivity contribution in [3.05, 3.63) is 35.3 Å². The lowest BCUT2D eigenvalue weighted by Crippen LogP contribution is -1.95. The third-order valence-corrected chi connectivity index (χ3v) is 1.96. The Morgan fingerprint density at radius 1 is 1.36 bits per heavy atom. The molecule has 14 heavy (non-hydrogen) atoms. The maximum Gasteiger partial charge on any atom is 0.188 e. The van der Waals surface area contributed by atoms with Crippen molar-refractivity contribution < 1.29 is 14.2 Å². The van der Waals surface area contributed by atoms with Crippen molar-refractivity contribution >= 4 is 0 Å². The van der Waals surface area contributed by atoms with Gasteiger partial charge in [-0.25, -0.2) is 0 Å². The van der Waals surface area contributed by atoms with Crippen LogP contribution in [-0.4, -0.2) is 21.0 Å². The summed E-state index contributed by atoms with van der Waals surface area (Å²) in [6, 6.07) is 0. The number of ether oxygens (including phenoxy) is 3. The maximum atomic E-state index is 5.33. The van der Waals surface area contributed by atoms with Crippen LogP contribution in [0.2, 0.25) is 0 Å². The van der Waals surface area contributed by atoms with E-state index in [1.54, 1.807) is 14.2 Å². The zero-order valence-electron chi connectivity index (χ0n) is 8.87. The monoisotopic (exact) mass is 196 g/mol. The second kappa shape index (κ2) is 5.50. The molecule has 0 aromatic heterocycles. The number of rotatable bonds is 4. The van der Waals surface area contributed by atoms with Crippen molar-refractivity contribution in [3.8, 4) is 0 Å². The highest BCUT2D eigenvalue weighted by Gasteiger charge is 2.05. The summed E-state index contributed by atoms with van der Waals surface area (Å²) in [6.45, 7) is 2.30. The molecule has 3 nitrogen and oxygen atoms in total. The fourth-order valence-electron chi connectivity index (χ4n) is 1.20. The van der Waals surface area contributed by atoms with E-state index in [9.17, 15) is 0 Å². The van der Waals surface area contributed by atoms with E-state index in [-0.39, 0.29) is 6.79 Å². The first kappa shape index (κ1) is 10.9. The molecule has 0 fully saturated rings.